The fraction of sp³-hybridized carbons (Fsp3) is 0.398. The van der Waals surface area contributed by atoms with Gasteiger partial charge in [-0.2, -0.15) is 0 Å². The Kier molecular flexibility index (Phi) is 22.8. The highest BCUT2D eigenvalue weighted by molar-refractivity contribution is 6.10. The van der Waals surface area contributed by atoms with Crippen molar-refractivity contribution in [1.82, 2.24) is 9.55 Å². The van der Waals surface area contributed by atoms with Crippen molar-refractivity contribution < 1.29 is 26.5 Å². The van der Waals surface area contributed by atoms with E-state index in [1.807, 2.05) is 55.3 Å². The van der Waals surface area contributed by atoms with E-state index in [1.54, 1.807) is 6.07 Å². The number of hydrogen-bond acceptors (Lipinski definition) is 1. The van der Waals surface area contributed by atoms with Crippen LogP contribution in [0.25, 0.3) is 121 Å². The quantitative estimate of drug-likeness (QED) is 0.119. The first kappa shape index (κ1) is 79.5. The van der Waals surface area contributed by atoms with Crippen LogP contribution in [-0.4, -0.2) is 9.55 Å². The molecular weight excluding hydrogens is 1500 g/mol. The highest BCUT2D eigenvalue weighted by Crippen LogP contribution is 2.49. The van der Waals surface area contributed by atoms with E-state index in [1.165, 1.54) is 254 Å². The van der Waals surface area contributed by atoms with E-state index >= 15 is 0 Å². The fourth-order valence-electron chi connectivity index (χ4n) is 21.6. The minimum Gasteiger partial charge on any atom is -0.338 e. The minimum absolute atomic E-state index is 0.173. The average Bonchev–Trinajstić information content (AvgIpc) is 1.58. The molecule has 0 amide bonds. The Hall–Kier alpha value is -10.4. The van der Waals surface area contributed by atoms with Gasteiger partial charge in [0.05, 0.1) is 45.1 Å². The molecule has 6 heterocycles. The lowest BCUT2D eigenvalue weighted by Gasteiger charge is -2.34. The Morgan fingerprint density at radius 1 is 0.387 bits per heavy atom. The molecule has 19 rings (SSSR count). The predicted molar refractivity (Wildman–Crippen MR) is 527 cm³/mol. The lowest BCUT2D eigenvalue weighted by atomic mass is 9.71. The summed E-state index contributed by atoms with van der Waals surface area (Å²) in [6, 6.07) is 69.9. The molecule has 0 atom stereocenters. The average molecular weight is 1650 g/mol. The number of pyridine rings is 5. The van der Waals surface area contributed by atoms with Crippen LogP contribution in [0.15, 0.2) is 231 Å². The Bertz CT molecular complexity index is 6750. The van der Waals surface area contributed by atoms with Crippen molar-refractivity contribution in [1.29, 1.82) is 0 Å². The molecule has 124 heavy (non-hydrogen) atoms. The first-order chi connectivity index (χ1) is 61.6. The Morgan fingerprint density at radius 3 is 1.22 bits per heavy atom. The first-order valence-electron chi connectivity index (χ1n) is 49.6. The highest BCUT2D eigenvalue weighted by Gasteiger charge is 2.34. The molecule has 0 radical (unpaired) electrons. The van der Waals surface area contributed by atoms with Crippen molar-refractivity contribution in [2.24, 2.45) is 49.9 Å². The van der Waals surface area contributed by atoms with Crippen molar-refractivity contribution in [3.63, 3.8) is 0 Å². The number of rotatable bonds is 11. The van der Waals surface area contributed by atoms with E-state index in [2.05, 4.69) is 318 Å². The topological polar surface area (TPSA) is 33.3 Å². The van der Waals surface area contributed by atoms with Crippen LogP contribution in [0.2, 0.25) is 0 Å². The van der Waals surface area contributed by atoms with Gasteiger partial charge in [-0.3, -0.25) is 4.98 Å². The summed E-state index contributed by atoms with van der Waals surface area (Å²) in [4.78, 5) is 4.31. The van der Waals surface area contributed by atoms with E-state index < -0.39 is 13.2 Å². The van der Waals surface area contributed by atoms with Gasteiger partial charge in [0.2, 0.25) is 22.8 Å². The molecule has 6 nitrogen and oxygen atoms in total. The van der Waals surface area contributed by atoms with Crippen molar-refractivity contribution in [3.8, 4) is 56.2 Å². The maximum atomic E-state index is 8.34. The molecule has 4 aliphatic rings. The van der Waals surface area contributed by atoms with Gasteiger partial charge in [0.15, 0.2) is 24.8 Å². The summed E-state index contributed by atoms with van der Waals surface area (Å²) in [6.07, 6.45) is 31.4. The summed E-state index contributed by atoms with van der Waals surface area (Å²) in [7, 11) is 8.42. The van der Waals surface area contributed by atoms with Gasteiger partial charge in [0, 0.05) is 77.0 Å². The normalized spacial score (nSPS) is 17.7. The summed E-state index contributed by atoms with van der Waals surface area (Å²) in [6.45, 7) is 33.6. The molecule has 6 aromatic heterocycles. The second-order valence-corrected chi connectivity index (χ2v) is 41.3. The van der Waals surface area contributed by atoms with Gasteiger partial charge in [-0.05, 0) is 365 Å². The Labute approximate surface area is 751 Å². The van der Waals surface area contributed by atoms with E-state index in [0.29, 0.717) is 63.0 Å². The molecule has 9 aromatic carbocycles. The van der Waals surface area contributed by atoms with Gasteiger partial charge < -0.3 is 4.57 Å². The third-order valence-electron chi connectivity index (χ3n) is 29.9. The third-order valence-corrected chi connectivity index (χ3v) is 29.9. The summed E-state index contributed by atoms with van der Waals surface area (Å²) >= 11 is 0. The molecule has 0 unspecified atom stereocenters. The number of fused-ring (bicyclic) bond motifs is 7. The second kappa shape index (κ2) is 35.5. The zero-order valence-electron chi connectivity index (χ0n) is 84.2. The summed E-state index contributed by atoms with van der Waals surface area (Å²) < 4.78 is 60.1. The lowest BCUT2D eigenvalue weighted by molar-refractivity contribution is -0.659. The van der Waals surface area contributed by atoms with E-state index in [9.17, 15) is 0 Å². The van der Waals surface area contributed by atoms with Crippen molar-refractivity contribution in [2.45, 2.75) is 256 Å². The molecule has 0 spiro atoms. The fourth-order valence-corrected chi connectivity index (χ4v) is 21.6. The van der Waals surface area contributed by atoms with Gasteiger partial charge in [-0.1, -0.05) is 165 Å². The van der Waals surface area contributed by atoms with Gasteiger partial charge in [-0.25, -0.2) is 18.3 Å². The zero-order valence-corrected chi connectivity index (χ0v) is 78.2. The smallest absolute Gasteiger partial charge is 0.220 e. The molecule has 638 valence electrons. The molecule has 15 aromatic rings. The van der Waals surface area contributed by atoms with E-state index in [-0.39, 0.29) is 5.56 Å². The summed E-state index contributed by atoms with van der Waals surface area (Å²) in [5.41, 5.74) is 28.6. The number of benzene rings is 9. The molecule has 0 bridgehead atoms. The molecule has 0 saturated heterocycles. The number of para-hydroxylation sites is 1. The van der Waals surface area contributed by atoms with Crippen LogP contribution >= 0.6 is 0 Å². The van der Waals surface area contributed by atoms with Gasteiger partial charge >= 0.3 is 0 Å². The third kappa shape index (κ3) is 18.2. The van der Waals surface area contributed by atoms with Gasteiger partial charge in [-0.15, -0.1) is 0 Å². The Balaban J connectivity index is 0.000000127. The van der Waals surface area contributed by atoms with Crippen molar-refractivity contribution in [3.05, 3.63) is 292 Å². The SMILES string of the molecule is Cc1cc2c3ccccc3n(C(C)C)c2cc1-c1c2ccc(C3CCC(C)(C)CC3)cc2cc[n+]1C.Cc1ccc(-c2cccnc2)cc1-c1c2ccc(C3CCC(C)(C)CC3)cc2cc[n+]1C.[2H]C([2H])([2H])c1cc(-c2c3ccc(C4CCC(C)(C)CC4)cc3cc[n+]2C)c(C)c(C([2H])([2H])C)c1.[2H]c1cc(C)c(C)c(-c2c3ccc(C4CCC(C)(C)CC4)cc3cc[n+]2C)c1. The minimum atomic E-state index is -2.31. The molecule has 4 fully saturated rings. The van der Waals surface area contributed by atoms with Crippen molar-refractivity contribution >= 4 is 64.9 Å². The zero-order chi connectivity index (χ0) is 92.6. The molecule has 4 saturated carbocycles. The Morgan fingerprint density at radius 2 is 0.806 bits per heavy atom. The summed E-state index contributed by atoms with van der Waals surface area (Å²) in [5.74, 6) is 2.66. The number of aryl methyl sites for hydroxylation is 9. The van der Waals surface area contributed by atoms with Crippen LogP contribution in [-0.2, 0) is 34.6 Å². The predicted octanol–water partition coefficient (Wildman–Crippen LogP) is 30.2. The van der Waals surface area contributed by atoms with E-state index in [4.69, 9.17) is 8.22 Å². The lowest BCUT2D eigenvalue weighted by Crippen LogP contribution is -2.31. The van der Waals surface area contributed by atoms with Gasteiger partial charge in [0.1, 0.15) is 28.2 Å². The van der Waals surface area contributed by atoms with Crippen molar-refractivity contribution in [2.75, 3.05) is 0 Å². The molecule has 0 N–H and O–H groups in total. The number of aromatic nitrogens is 6. The number of nitrogens with zero attached hydrogens (tertiary/aromatic N) is 6. The second-order valence-electron chi connectivity index (χ2n) is 41.3. The summed E-state index contributed by atoms with van der Waals surface area (Å²) in [5, 5.41) is 12.8. The van der Waals surface area contributed by atoms with Crippen LogP contribution in [0.4, 0.5) is 0 Å². The first-order valence-corrected chi connectivity index (χ1v) is 46.6. The van der Waals surface area contributed by atoms with Crippen LogP contribution in [0, 0.1) is 63.1 Å². The monoisotopic (exact) mass is 1650 g/mol. The highest BCUT2D eigenvalue weighted by atomic mass is 15.0. The maximum absolute atomic E-state index is 8.34. The van der Waals surface area contributed by atoms with Crippen LogP contribution in [0.3, 0.4) is 0 Å². The molecule has 6 heteroatoms. The van der Waals surface area contributed by atoms with Crippen LogP contribution in [0.5, 0.6) is 0 Å². The molecular formula is C118H140N6+4. The van der Waals surface area contributed by atoms with Gasteiger partial charge in [0.25, 0.3) is 0 Å². The van der Waals surface area contributed by atoms with Crippen LogP contribution in [0.1, 0.15) is 278 Å². The van der Waals surface area contributed by atoms with E-state index in [0.717, 1.165) is 33.2 Å². The molecule has 0 aliphatic heterocycles. The maximum Gasteiger partial charge on any atom is 0.220 e. The molecule has 4 aliphatic carbocycles. The largest absolute Gasteiger partial charge is 0.338 e. The van der Waals surface area contributed by atoms with Crippen LogP contribution < -0.4 is 18.3 Å². The number of hydrogen-bond donors (Lipinski definition) is 0. The standard InChI is InChI=1S/C34H39N2.C30H33N2.C28H36N.C26H32N/c1-22(2)36-31-10-8-7-9-28(31)30-19-23(3)29(21-32(30)36)33-27-12-11-25(20-26(27)15-18-35(33)6)24-13-16-34(4,5)17-14-24;1-21-7-8-24(26-6-5-16-31-20-26)19-28(21)29-27-10-9-23(18-25(27)13-17-32(29)4)22-11-14-30(2,3)15-12-22;1-7-21-16-19(2)17-26(20(21)3)27-25-9-8-23(18-24(25)12-15-29(27)6)22-10-13-28(4,5)14-11-22;1-18-7-6-8-23(19(18)2)25-24-10-9-21(17-22(24)13-16-27(25)5)20-11-14-26(3,4)15-12-20/h7-12,15,18-22,24H,13-14,16-17H2,1-6H3;5-10,13,16-20,22H,11-12,14-15H2,1-4H3;8-9,12,15-18,22H,7,10-11,13-14H2,1-6H3;6-10,13,16-17,20H,11-12,14-15H2,1-5H3/q4*+1/i;;2D3,7D2;6D.